The van der Waals surface area contributed by atoms with E-state index in [-0.39, 0.29) is 36.4 Å². The van der Waals surface area contributed by atoms with Gasteiger partial charge in [0.15, 0.2) is 5.96 Å². The van der Waals surface area contributed by atoms with Gasteiger partial charge in [-0.05, 0) is 37.5 Å². The van der Waals surface area contributed by atoms with E-state index >= 15 is 0 Å². The first-order chi connectivity index (χ1) is 12.6. The number of carbonyl (C=O) groups is 1. The molecule has 0 radical (unpaired) electrons. The van der Waals surface area contributed by atoms with Crippen molar-refractivity contribution in [2.75, 3.05) is 32.8 Å². The largest absolute Gasteiger partial charge is 0.488 e. The van der Waals surface area contributed by atoms with Gasteiger partial charge in [0.25, 0.3) is 6.43 Å². The van der Waals surface area contributed by atoms with Crippen molar-refractivity contribution in [3.8, 4) is 5.75 Å². The van der Waals surface area contributed by atoms with Crippen LogP contribution in [0.3, 0.4) is 0 Å². The number of amides is 1. The van der Waals surface area contributed by atoms with Gasteiger partial charge < -0.3 is 20.3 Å². The van der Waals surface area contributed by atoms with Gasteiger partial charge in [-0.15, -0.1) is 24.0 Å². The Balaban J connectivity index is 0.00000364. The van der Waals surface area contributed by atoms with Crippen molar-refractivity contribution in [2.45, 2.75) is 32.7 Å². The highest BCUT2D eigenvalue weighted by molar-refractivity contribution is 14.0. The standard InChI is InChI=1S/C18H26F2N4O2.HI/c1-2-21-18(23-12-17(25)24-8-3-4-9-24)22-11-14-6-5-7-15(10-14)26-13-16(19)20;/h5-7,10,16H,2-4,8-9,11-13H2,1H3,(H2,21,22,23);1H. The Morgan fingerprint density at radius 3 is 2.70 bits per heavy atom. The Kier molecular flexibility index (Phi) is 11.0. The maximum atomic E-state index is 12.2. The Hall–Kier alpha value is -1.65. The molecule has 1 fully saturated rings. The summed E-state index contributed by atoms with van der Waals surface area (Å²) in [4.78, 5) is 18.4. The number of carbonyl (C=O) groups excluding carboxylic acids is 1. The van der Waals surface area contributed by atoms with Gasteiger partial charge in [-0.3, -0.25) is 4.79 Å². The number of alkyl halides is 2. The summed E-state index contributed by atoms with van der Waals surface area (Å²) in [7, 11) is 0. The van der Waals surface area contributed by atoms with Crippen molar-refractivity contribution in [2.24, 2.45) is 4.99 Å². The second-order valence-electron chi connectivity index (χ2n) is 5.99. The monoisotopic (exact) mass is 496 g/mol. The molecule has 1 aliphatic rings. The molecule has 0 aromatic heterocycles. The molecule has 0 spiro atoms. The number of benzene rings is 1. The minimum Gasteiger partial charge on any atom is -0.488 e. The van der Waals surface area contributed by atoms with E-state index < -0.39 is 13.0 Å². The molecule has 1 aliphatic heterocycles. The lowest BCUT2D eigenvalue weighted by molar-refractivity contribution is -0.128. The minimum absolute atomic E-state index is 0. The number of hydrogen-bond donors (Lipinski definition) is 2. The zero-order valence-electron chi connectivity index (χ0n) is 15.4. The topological polar surface area (TPSA) is 66.0 Å². The van der Waals surface area contributed by atoms with Crippen LogP contribution >= 0.6 is 24.0 Å². The van der Waals surface area contributed by atoms with Crippen molar-refractivity contribution in [1.29, 1.82) is 0 Å². The van der Waals surface area contributed by atoms with Crippen LogP contribution in [-0.2, 0) is 11.3 Å². The Morgan fingerprint density at radius 1 is 1.30 bits per heavy atom. The summed E-state index contributed by atoms with van der Waals surface area (Å²) in [5, 5.41) is 6.13. The zero-order valence-corrected chi connectivity index (χ0v) is 17.7. The van der Waals surface area contributed by atoms with Gasteiger partial charge in [0, 0.05) is 19.6 Å². The Morgan fingerprint density at radius 2 is 2.04 bits per heavy atom. The van der Waals surface area contributed by atoms with Crippen LogP contribution in [0.5, 0.6) is 5.75 Å². The van der Waals surface area contributed by atoms with Crippen LogP contribution in [-0.4, -0.2) is 56.0 Å². The molecule has 152 valence electrons. The van der Waals surface area contributed by atoms with Gasteiger partial charge >= 0.3 is 0 Å². The molecule has 1 heterocycles. The first kappa shape index (κ1) is 23.4. The van der Waals surface area contributed by atoms with Crippen LogP contribution in [0.25, 0.3) is 0 Å². The molecule has 1 amide bonds. The molecule has 0 bridgehead atoms. The second kappa shape index (κ2) is 12.7. The third-order valence-electron chi connectivity index (χ3n) is 3.90. The minimum atomic E-state index is -2.51. The molecular weight excluding hydrogens is 469 g/mol. The predicted molar refractivity (Wildman–Crippen MR) is 112 cm³/mol. The van der Waals surface area contributed by atoms with Gasteiger partial charge in [0.05, 0.1) is 13.1 Å². The lowest BCUT2D eigenvalue weighted by Gasteiger charge is -2.17. The maximum absolute atomic E-state index is 12.2. The summed E-state index contributed by atoms with van der Waals surface area (Å²) in [5.74, 6) is 0.995. The molecule has 1 aromatic carbocycles. The highest BCUT2D eigenvalue weighted by Crippen LogP contribution is 2.15. The van der Waals surface area contributed by atoms with Crippen LogP contribution in [0.1, 0.15) is 25.3 Å². The average Bonchev–Trinajstić information content (AvgIpc) is 3.17. The number of rotatable bonds is 8. The number of guanidine groups is 1. The van der Waals surface area contributed by atoms with Gasteiger partial charge in [-0.1, -0.05) is 12.1 Å². The van der Waals surface area contributed by atoms with Crippen molar-refractivity contribution in [3.63, 3.8) is 0 Å². The van der Waals surface area contributed by atoms with Crippen LogP contribution in [0, 0.1) is 0 Å². The SMILES string of the molecule is CCNC(=NCc1cccc(OCC(F)F)c1)NCC(=O)N1CCCC1.I. The van der Waals surface area contributed by atoms with Crippen molar-refractivity contribution < 1.29 is 18.3 Å². The molecule has 1 aromatic rings. The number of ether oxygens (including phenoxy) is 1. The number of nitrogens with one attached hydrogen (secondary N) is 2. The molecule has 27 heavy (non-hydrogen) atoms. The summed E-state index contributed by atoms with van der Waals surface area (Å²) < 4.78 is 29.5. The fraction of sp³-hybridized carbons (Fsp3) is 0.556. The van der Waals surface area contributed by atoms with E-state index in [4.69, 9.17) is 4.74 Å². The highest BCUT2D eigenvalue weighted by Gasteiger charge is 2.17. The van der Waals surface area contributed by atoms with Crippen molar-refractivity contribution in [1.82, 2.24) is 15.5 Å². The molecule has 1 saturated heterocycles. The Bertz CT molecular complexity index is 611. The molecule has 6 nitrogen and oxygen atoms in total. The Labute approximate surface area is 175 Å². The van der Waals surface area contributed by atoms with Crippen molar-refractivity contribution >= 4 is 35.8 Å². The lowest BCUT2D eigenvalue weighted by atomic mass is 10.2. The number of hydrogen-bond acceptors (Lipinski definition) is 3. The summed E-state index contributed by atoms with van der Waals surface area (Å²) in [6.07, 6.45) is -0.386. The molecule has 0 aliphatic carbocycles. The van der Waals surface area contributed by atoms with Crippen LogP contribution in [0.4, 0.5) is 8.78 Å². The summed E-state index contributed by atoms with van der Waals surface area (Å²) in [5.41, 5.74) is 0.833. The second-order valence-corrected chi connectivity index (χ2v) is 5.99. The quantitative estimate of drug-likeness (QED) is 0.330. The zero-order chi connectivity index (χ0) is 18.8. The van der Waals surface area contributed by atoms with Gasteiger partial charge in [-0.25, -0.2) is 13.8 Å². The molecule has 2 rings (SSSR count). The van der Waals surface area contributed by atoms with E-state index in [0.717, 1.165) is 31.5 Å². The van der Waals surface area contributed by atoms with Crippen molar-refractivity contribution in [3.05, 3.63) is 29.8 Å². The smallest absolute Gasteiger partial charge is 0.272 e. The fourth-order valence-electron chi connectivity index (χ4n) is 2.64. The highest BCUT2D eigenvalue weighted by atomic mass is 127. The van der Waals surface area contributed by atoms with Crippen LogP contribution in [0.15, 0.2) is 29.3 Å². The lowest BCUT2D eigenvalue weighted by Crippen LogP contribution is -2.44. The van der Waals surface area contributed by atoms with Crippen LogP contribution < -0.4 is 15.4 Å². The van der Waals surface area contributed by atoms with E-state index in [1.54, 1.807) is 18.2 Å². The molecule has 0 unspecified atom stereocenters. The first-order valence-corrected chi connectivity index (χ1v) is 8.88. The van der Waals surface area contributed by atoms with Gasteiger partial charge in [0.2, 0.25) is 5.91 Å². The van der Waals surface area contributed by atoms with E-state index in [1.807, 2.05) is 17.9 Å². The van der Waals surface area contributed by atoms with E-state index in [1.165, 1.54) is 0 Å². The van der Waals surface area contributed by atoms with E-state index in [9.17, 15) is 13.6 Å². The molecule has 2 N–H and O–H groups in total. The number of likely N-dealkylation sites (tertiary alicyclic amines) is 1. The van der Waals surface area contributed by atoms with E-state index in [2.05, 4.69) is 15.6 Å². The number of nitrogens with zero attached hydrogens (tertiary/aromatic N) is 2. The maximum Gasteiger partial charge on any atom is 0.272 e. The predicted octanol–water partition coefficient (Wildman–Crippen LogP) is 2.63. The van der Waals surface area contributed by atoms with Gasteiger partial charge in [-0.2, -0.15) is 0 Å². The molecule has 0 saturated carbocycles. The number of halogens is 3. The van der Waals surface area contributed by atoms with Gasteiger partial charge in [0.1, 0.15) is 12.4 Å². The molecular formula is C18H27F2IN4O2. The summed E-state index contributed by atoms with van der Waals surface area (Å²) >= 11 is 0. The summed E-state index contributed by atoms with van der Waals surface area (Å²) in [6, 6.07) is 6.90. The summed E-state index contributed by atoms with van der Waals surface area (Å²) in [6.45, 7) is 4.16. The fourth-order valence-corrected chi connectivity index (χ4v) is 2.64. The normalized spacial score (nSPS) is 14.1. The first-order valence-electron chi connectivity index (χ1n) is 8.88. The third kappa shape index (κ3) is 8.72. The molecule has 0 atom stereocenters. The van der Waals surface area contributed by atoms with Crippen LogP contribution in [0.2, 0.25) is 0 Å². The average molecular weight is 496 g/mol. The third-order valence-corrected chi connectivity index (χ3v) is 3.90. The number of aliphatic imine (C=N–C) groups is 1. The van der Waals surface area contributed by atoms with E-state index in [0.29, 0.717) is 24.8 Å². The molecule has 9 heteroatoms.